The van der Waals surface area contributed by atoms with Crippen molar-refractivity contribution in [2.24, 2.45) is 0 Å². The molecule has 0 spiro atoms. The summed E-state index contributed by atoms with van der Waals surface area (Å²) in [5, 5.41) is 3.15. The molecule has 5 nitrogen and oxygen atoms in total. The van der Waals surface area contributed by atoms with E-state index in [1.54, 1.807) is 27.6 Å². The van der Waals surface area contributed by atoms with Crippen LogP contribution in [-0.2, 0) is 4.79 Å². The van der Waals surface area contributed by atoms with E-state index in [1.807, 2.05) is 25.5 Å². The van der Waals surface area contributed by atoms with Crippen molar-refractivity contribution in [2.75, 3.05) is 25.5 Å². The molecule has 1 saturated heterocycles. The second-order valence-corrected chi connectivity index (χ2v) is 9.05. The van der Waals surface area contributed by atoms with Crippen molar-refractivity contribution in [3.8, 4) is 10.7 Å². The SMILES string of the molecule is Cc1sc2nc(-c3cccs3)nc(N3CCCC3C(=O)N(C)C)c2c1C. The lowest BCUT2D eigenvalue weighted by atomic mass is 10.1. The van der Waals surface area contributed by atoms with E-state index in [4.69, 9.17) is 9.97 Å². The zero-order valence-corrected chi connectivity index (χ0v) is 17.1. The summed E-state index contributed by atoms with van der Waals surface area (Å²) in [6.07, 6.45) is 1.88. The minimum atomic E-state index is -0.140. The first-order chi connectivity index (χ1) is 12.5. The molecule has 1 amide bonds. The average molecular weight is 387 g/mol. The Morgan fingerprint density at radius 1 is 1.31 bits per heavy atom. The maximum Gasteiger partial charge on any atom is 0.244 e. The van der Waals surface area contributed by atoms with E-state index < -0.39 is 0 Å². The summed E-state index contributed by atoms with van der Waals surface area (Å²) in [6.45, 7) is 5.11. The number of nitrogens with zero attached hydrogens (tertiary/aromatic N) is 4. The largest absolute Gasteiger partial charge is 0.347 e. The van der Waals surface area contributed by atoms with Gasteiger partial charge < -0.3 is 9.80 Å². The van der Waals surface area contributed by atoms with Gasteiger partial charge in [-0.05, 0) is 43.7 Å². The number of amides is 1. The molecule has 26 heavy (non-hydrogen) atoms. The van der Waals surface area contributed by atoms with Crippen LogP contribution in [-0.4, -0.2) is 47.5 Å². The van der Waals surface area contributed by atoms with Crippen LogP contribution in [0.15, 0.2) is 17.5 Å². The zero-order valence-electron chi connectivity index (χ0n) is 15.4. The van der Waals surface area contributed by atoms with Crippen LogP contribution < -0.4 is 4.90 Å². The molecule has 0 aliphatic carbocycles. The average Bonchev–Trinajstić information content (AvgIpc) is 3.34. The quantitative estimate of drug-likeness (QED) is 0.680. The Morgan fingerprint density at radius 2 is 2.12 bits per heavy atom. The number of aromatic nitrogens is 2. The first-order valence-corrected chi connectivity index (χ1v) is 10.5. The number of rotatable bonds is 3. The first-order valence-electron chi connectivity index (χ1n) is 8.76. The van der Waals surface area contributed by atoms with E-state index in [9.17, 15) is 4.79 Å². The number of thiophene rings is 2. The molecule has 0 N–H and O–H groups in total. The second kappa shape index (κ2) is 6.63. The number of carbonyl (C=O) groups is 1. The van der Waals surface area contributed by atoms with Gasteiger partial charge in [-0.15, -0.1) is 22.7 Å². The monoisotopic (exact) mass is 386 g/mol. The molecule has 3 aromatic rings. The van der Waals surface area contributed by atoms with Gasteiger partial charge >= 0.3 is 0 Å². The summed E-state index contributed by atoms with van der Waals surface area (Å²) in [5.41, 5.74) is 1.22. The van der Waals surface area contributed by atoms with Crippen LogP contribution in [0.2, 0.25) is 0 Å². The maximum atomic E-state index is 12.7. The molecule has 4 rings (SSSR count). The van der Waals surface area contributed by atoms with Gasteiger partial charge in [0.2, 0.25) is 5.91 Å². The van der Waals surface area contributed by atoms with Gasteiger partial charge in [0, 0.05) is 25.5 Å². The van der Waals surface area contributed by atoms with Gasteiger partial charge in [0.05, 0.1) is 10.3 Å². The van der Waals surface area contributed by atoms with E-state index in [-0.39, 0.29) is 11.9 Å². The third kappa shape index (κ3) is 2.79. The molecular weight excluding hydrogens is 364 g/mol. The van der Waals surface area contributed by atoms with E-state index in [1.165, 1.54) is 10.4 Å². The third-order valence-corrected chi connectivity index (χ3v) is 6.97. The van der Waals surface area contributed by atoms with Crippen molar-refractivity contribution in [3.63, 3.8) is 0 Å². The predicted molar refractivity (Wildman–Crippen MR) is 109 cm³/mol. The van der Waals surface area contributed by atoms with Gasteiger partial charge in [-0.3, -0.25) is 4.79 Å². The number of carbonyl (C=O) groups excluding carboxylic acids is 1. The molecule has 1 fully saturated rings. The molecule has 1 atom stereocenters. The molecule has 7 heteroatoms. The number of fused-ring (bicyclic) bond motifs is 1. The molecule has 4 heterocycles. The molecule has 1 aliphatic heterocycles. The van der Waals surface area contributed by atoms with Crippen LogP contribution in [0.4, 0.5) is 5.82 Å². The molecule has 0 bridgehead atoms. The lowest BCUT2D eigenvalue weighted by Crippen LogP contribution is -2.43. The molecule has 0 radical (unpaired) electrons. The summed E-state index contributed by atoms with van der Waals surface area (Å²) >= 11 is 3.36. The fourth-order valence-corrected chi connectivity index (χ4v) is 5.21. The second-order valence-electron chi connectivity index (χ2n) is 6.90. The Hall–Kier alpha value is -1.99. The van der Waals surface area contributed by atoms with Gasteiger partial charge in [-0.25, -0.2) is 9.97 Å². The Morgan fingerprint density at radius 3 is 2.81 bits per heavy atom. The molecule has 0 saturated carbocycles. The van der Waals surface area contributed by atoms with Crippen LogP contribution in [0.3, 0.4) is 0 Å². The third-order valence-electron chi connectivity index (χ3n) is 5.00. The summed E-state index contributed by atoms with van der Waals surface area (Å²) < 4.78 is 0. The Labute approximate surface area is 161 Å². The summed E-state index contributed by atoms with van der Waals surface area (Å²) in [7, 11) is 3.65. The van der Waals surface area contributed by atoms with E-state index in [2.05, 4.69) is 24.8 Å². The Balaban J connectivity index is 1.91. The van der Waals surface area contributed by atoms with Crippen LogP contribution in [0.25, 0.3) is 20.9 Å². The number of anilines is 1. The highest BCUT2D eigenvalue weighted by Crippen LogP contribution is 2.39. The van der Waals surface area contributed by atoms with Crippen LogP contribution >= 0.6 is 22.7 Å². The fraction of sp³-hybridized carbons (Fsp3) is 0.421. The fourth-order valence-electron chi connectivity index (χ4n) is 3.53. The minimum absolute atomic E-state index is 0.140. The Bertz CT molecular complexity index is 962. The summed E-state index contributed by atoms with van der Waals surface area (Å²) in [4.78, 5) is 29.7. The van der Waals surface area contributed by atoms with Crippen molar-refractivity contribution in [1.82, 2.24) is 14.9 Å². The van der Waals surface area contributed by atoms with Crippen LogP contribution in [0, 0.1) is 13.8 Å². The van der Waals surface area contributed by atoms with Gasteiger partial charge in [0.25, 0.3) is 0 Å². The van der Waals surface area contributed by atoms with Gasteiger partial charge in [0.15, 0.2) is 5.82 Å². The minimum Gasteiger partial charge on any atom is -0.347 e. The lowest BCUT2D eigenvalue weighted by Gasteiger charge is -2.28. The van der Waals surface area contributed by atoms with E-state index in [0.717, 1.165) is 46.1 Å². The summed E-state index contributed by atoms with van der Waals surface area (Å²) in [5.74, 6) is 1.82. The molecule has 136 valence electrons. The lowest BCUT2D eigenvalue weighted by molar-refractivity contribution is -0.129. The molecular formula is C19H22N4OS2. The van der Waals surface area contributed by atoms with Gasteiger partial charge in [-0.1, -0.05) is 6.07 Å². The number of likely N-dealkylation sites (N-methyl/N-ethyl adjacent to an activating group) is 1. The van der Waals surface area contributed by atoms with Gasteiger partial charge in [0.1, 0.15) is 16.7 Å². The molecule has 0 aromatic carbocycles. The standard InChI is InChI=1S/C19H22N4OS2/c1-11-12(2)26-18-15(11)17(20-16(21-18)14-8-6-10-25-14)23-9-5-7-13(23)19(24)22(3)4/h6,8,10,13H,5,7,9H2,1-4H3. The molecule has 1 aliphatic rings. The van der Waals surface area contributed by atoms with E-state index >= 15 is 0 Å². The van der Waals surface area contributed by atoms with Crippen molar-refractivity contribution < 1.29 is 4.79 Å². The van der Waals surface area contributed by atoms with Crippen LogP contribution in [0.5, 0.6) is 0 Å². The van der Waals surface area contributed by atoms with Gasteiger partial charge in [-0.2, -0.15) is 0 Å². The normalized spacial score (nSPS) is 17.2. The smallest absolute Gasteiger partial charge is 0.244 e. The molecule has 1 unspecified atom stereocenters. The van der Waals surface area contributed by atoms with E-state index in [0.29, 0.717) is 0 Å². The first kappa shape index (κ1) is 17.4. The van der Waals surface area contributed by atoms with Crippen molar-refractivity contribution in [1.29, 1.82) is 0 Å². The topological polar surface area (TPSA) is 49.3 Å². The molecule has 3 aromatic heterocycles. The predicted octanol–water partition coefficient (Wildman–Crippen LogP) is 4.09. The van der Waals surface area contributed by atoms with Crippen molar-refractivity contribution in [3.05, 3.63) is 28.0 Å². The summed E-state index contributed by atoms with van der Waals surface area (Å²) in [6, 6.07) is 3.93. The van der Waals surface area contributed by atoms with Crippen molar-refractivity contribution in [2.45, 2.75) is 32.7 Å². The number of hydrogen-bond acceptors (Lipinski definition) is 6. The Kier molecular flexibility index (Phi) is 4.44. The highest BCUT2D eigenvalue weighted by molar-refractivity contribution is 7.19. The zero-order chi connectivity index (χ0) is 18.4. The highest BCUT2D eigenvalue weighted by Gasteiger charge is 2.34. The maximum absolute atomic E-state index is 12.7. The number of aryl methyl sites for hydroxylation is 2. The van der Waals surface area contributed by atoms with Crippen LogP contribution in [0.1, 0.15) is 23.3 Å². The highest BCUT2D eigenvalue weighted by atomic mass is 32.1. The number of hydrogen-bond donors (Lipinski definition) is 0. The van der Waals surface area contributed by atoms with Crippen molar-refractivity contribution >= 4 is 44.6 Å².